The van der Waals surface area contributed by atoms with E-state index >= 15 is 0 Å². The summed E-state index contributed by atoms with van der Waals surface area (Å²) in [5, 5.41) is 3.32. The van der Waals surface area contributed by atoms with E-state index in [1.165, 1.54) is 0 Å². The first-order chi connectivity index (χ1) is 15.1. The maximum absolute atomic E-state index is 13.4. The largest absolute Gasteiger partial charge is 0.400 e. The number of nitrogens with one attached hydrogen (secondary N) is 2. The highest BCUT2D eigenvalue weighted by atomic mass is 32.1. The van der Waals surface area contributed by atoms with Crippen LogP contribution < -0.4 is 15.8 Å². The van der Waals surface area contributed by atoms with Gasteiger partial charge in [-0.15, -0.1) is 0 Å². The number of halogens is 3. The van der Waals surface area contributed by atoms with Gasteiger partial charge in [-0.1, -0.05) is 41.7 Å². The normalized spacial score (nSPS) is 17.2. The number of thiazole rings is 1. The van der Waals surface area contributed by atoms with Crippen LogP contribution in [0.15, 0.2) is 35.1 Å². The molecule has 2 aromatic heterocycles. The Kier molecular flexibility index (Phi) is 5.70. The lowest BCUT2D eigenvalue weighted by molar-refractivity contribution is -0.182. The van der Waals surface area contributed by atoms with Crippen LogP contribution in [-0.4, -0.2) is 39.6 Å². The van der Waals surface area contributed by atoms with E-state index in [2.05, 4.69) is 20.3 Å². The zero-order valence-corrected chi connectivity index (χ0v) is 18.3. The van der Waals surface area contributed by atoms with E-state index in [0.29, 0.717) is 24.6 Å². The van der Waals surface area contributed by atoms with Crippen LogP contribution in [0.2, 0.25) is 0 Å². The fourth-order valence-electron chi connectivity index (χ4n) is 3.55. The number of amides is 1. The quantitative estimate of drug-likeness (QED) is 0.602. The minimum absolute atomic E-state index is 0.0259. The van der Waals surface area contributed by atoms with Gasteiger partial charge in [-0.25, -0.2) is 9.97 Å². The number of aromatic amines is 1. The number of aromatic nitrogens is 3. The monoisotopic (exact) mass is 465 g/mol. The second-order valence-electron chi connectivity index (χ2n) is 8.24. The zero-order chi connectivity index (χ0) is 23.1. The molecule has 32 heavy (non-hydrogen) atoms. The third kappa shape index (κ3) is 4.08. The van der Waals surface area contributed by atoms with Gasteiger partial charge in [0, 0.05) is 13.1 Å². The molecule has 0 unspecified atom stereocenters. The summed E-state index contributed by atoms with van der Waals surface area (Å²) in [6.45, 7) is 2.88. The van der Waals surface area contributed by atoms with Crippen LogP contribution >= 0.6 is 11.3 Å². The molecular formula is C21H22F3N5O2S. The highest BCUT2D eigenvalue weighted by Gasteiger charge is 2.50. The minimum atomic E-state index is -4.58. The Labute approximate surface area is 185 Å². The molecule has 4 rings (SSSR count). The average molecular weight is 466 g/mol. The number of nitrogens with zero attached hydrogens (tertiary/aromatic N) is 3. The van der Waals surface area contributed by atoms with Gasteiger partial charge in [0.25, 0.3) is 5.56 Å². The minimum Gasteiger partial charge on any atom is -0.350 e. The van der Waals surface area contributed by atoms with E-state index < -0.39 is 29.0 Å². The first kappa shape index (κ1) is 22.3. The van der Waals surface area contributed by atoms with Crippen molar-refractivity contribution in [3.63, 3.8) is 0 Å². The van der Waals surface area contributed by atoms with Crippen molar-refractivity contribution >= 4 is 32.7 Å². The highest BCUT2D eigenvalue weighted by Crippen LogP contribution is 2.39. The Morgan fingerprint density at radius 1 is 1.25 bits per heavy atom. The van der Waals surface area contributed by atoms with Crippen LogP contribution in [0.3, 0.4) is 0 Å². The second kappa shape index (κ2) is 8.19. The number of carbonyl (C=O) groups excluding carboxylic acids is 1. The second-order valence-corrected chi connectivity index (χ2v) is 9.20. The highest BCUT2D eigenvalue weighted by molar-refractivity contribution is 7.21. The Bertz CT molecular complexity index is 1190. The molecule has 170 valence electrons. The molecule has 1 aliphatic heterocycles. The van der Waals surface area contributed by atoms with E-state index in [4.69, 9.17) is 0 Å². The van der Waals surface area contributed by atoms with Crippen LogP contribution in [0.25, 0.3) is 10.3 Å². The summed E-state index contributed by atoms with van der Waals surface area (Å²) in [6.07, 6.45) is -3.21. The van der Waals surface area contributed by atoms with Crippen molar-refractivity contribution in [2.75, 3.05) is 11.4 Å². The van der Waals surface area contributed by atoms with Crippen LogP contribution in [0.1, 0.15) is 38.1 Å². The molecule has 3 aromatic rings. The Morgan fingerprint density at radius 2 is 1.97 bits per heavy atom. The van der Waals surface area contributed by atoms with Crippen LogP contribution in [0.4, 0.5) is 18.3 Å². The molecule has 1 fully saturated rings. The lowest BCUT2D eigenvalue weighted by Crippen LogP contribution is -2.43. The molecule has 1 saturated heterocycles. The molecule has 1 atom stereocenters. The lowest BCUT2D eigenvalue weighted by Gasteiger charge is -2.26. The number of rotatable bonds is 5. The summed E-state index contributed by atoms with van der Waals surface area (Å²) in [6, 6.07) is 9.04. The van der Waals surface area contributed by atoms with Gasteiger partial charge < -0.3 is 15.2 Å². The van der Waals surface area contributed by atoms with E-state index in [0.717, 1.165) is 37.2 Å². The van der Waals surface area contributed by atoms with Gasteiger partial charge in [-0.2, -0.15) is 13.2 Å². The third-order valence-electron chi connectivity index (χ3n) is 5.67. The number of fused-ring (bicyclic) bond motifs is 1. The molecule has 0 saturated carbocycles. The van der Waals surface area contributed by atoms with Crippen molar-refractivity contribution < 1.29 is 18.0 Å². The SMILES string of the molecule is CC(C)(c1nc2sc(N3CCC[C@@H]3C(=O)NCc3ccccc3)nc2c(=O)[nH]1)C(F)(F)F. The van der Waals surface area contributed by atoms with Gasteiger partial charge in [0.05, 0.1) is 0 Å². The molecule has 0 spiro atoms. The van der Waals surface area contributed by atoms with E-state index in [9.17, 15) is 22.8 Å². The number of alkyl halides is 3. The van der Waals surface area contributed by atoms with Crippen LogP contribution in [0.5, 0.6) is 0 Å². The molecule has 1 amide bonds. The Hall–Kier alpha value is -2.95. The maximum Gasteiger partial charge on any atom is 0.400 e. The summed E-state index contributed by atoms with van der Waals surface area (Å²) in [7, 11) is 0. The van der Waals surface area contributed by atoms with Crippen molar-refractivity contribution in [1.29, 1.82) is 0 Å². The summed E-state index contributed by atoms with van der Waals surface area (Å²) in [4.78, 5) is 37.8. The van der Waals surface area contributed by atoms with E-state index in [1.54, 1.807) is 4.90 Å². The molecule has 0 aliphatic carbocycles. The molecule has 7 nitrogen and oxygen atoms in total. The number of anilines is 1. The van der Waals surface area contributed by atoms with Gasteiger partial charge in [0.2, 0.25) is 5.91 Å². The number of hydrogen-bond donors (Lipinski definition) is 2. The Balaban J connectivity index is 1.59. The molecule has 3 heterocycles. The number of hydrogen-bond acceptors (Lipinski definition) is 6. The zero-order valence-electron chi connectivity index (χ0n) is 17.5. The van der Waals surface area contributed by atoms with Crippen molar-refractivity contribution in [2.45, 2.75) is 50.9 Å². The fourth-order valence-corrected chi connectivity index (χ4v) is 4.56. The van der Waals surface area contributed by atoms with Gasteiger partial charge in [-0.05, 0) is 32.3 Å². The number of H-pyrrole nitrogens is 1. The average Bonchev–Trinajstić information content (AvgIpc) is 3.39. The predicted molar refractivity (Wildman–Crippen MR) is 116 cm³/mol. The first-order valence-corrected chi connectivity index (χ1v) is 11.0. The molecular weight excluding hydrogens is 443 g/mol. The van der Waals surface area contributed by atoms with Crippen molar-refractivity contribution in [3.8, 4) is 0 Å². The topological polar surface area (TPSA) is 91.0 Å². The fraction of sp³-hybridized carbons (Fsp3) is 0.429. The first-order valence-electron chi connectivity index (χ1n) is 10.1. The summed E-state index contributed by atoms with van der Waals surface area (Å²) in [5.74, 6) is -0.623. The van der Waals surface area contributed by atoms with Crippen LogP contribution in [-0.2, 0) is 16.8 Å². The van der Waals surface area contributed by atoms with E-state index in [1.807, 2.05) is 30.3 Å². The molecule has 2 N–H and O–H groups in total. The summed E-state index contributed by atoms with van der Waals surface area (Å²) >= 11 is 1.02. The smallest absolute Gasteiger partial charge is 0.350 e. The van der Waals surface area contributed by atoms with Crippen molar-refractivity contribution in [1.82, 2.24) is 20.3 Å². The van der Waals surface area contributed by atoms with E-state index in [-0.39, 0.29) is 16.3 Å². The lowest BCUT2D eigenvalue weighted by atomic mass is 9.91. The summed E-state index contributed by atoms with van der Waals surface area (Å²) < 4.78 is 40.2. The molecule has 0 bridgehead atoms. The Morgan fingerprint density at radius 3 is 2.66 bits per heavy atom. The molecule has 1 aromatic carbocycles. The van der Waals surface area contributed by atoms with Gasteiger partial charge >= 0.3 is 6.18 Å². The maximum atomic E-state index is 13.4. The standard InChI is InChI=1S/C21H22F3N5O2S/c1-20(2,21(22,23)24)18-27-16(31)14-17(28-18)32-19(26-14)29-10-6-9-13(29)15(30)25-11-12-7-4-3-5-8-12/h3-5,7-8,13H,6,9-11H2,1-2H3,(H,25,30)(H,27,28,31)/t13-/m1/s1. The number of carbonyl (C=O) groups is 1. The van der Waals surface area contributed by atoms with Gasteiger partial charge in [0.1, 0.15) is 17.3 Å². The predicted octanol–water partition coefficient (Wildman–Crippen LogP) is 3.50. The van der Waals surface area contributed by atoms with Gasteiger partial charge in [0.15, 0.2) is 15.5 Å². The van der Waals surface area contributed by atoms with Crippen molar-refractivity contribution in [2.24, 2.45) is 0 Å². The van der Waals surface area contributed by atoms with Crippen LogP contribution in [0, 0.1) is 0 Å². The van der Waals surface area contributed by atoms with Gasteiger partial charge in [-0.3, -0.25) is 9.59 Å². The summed E-state index contributed by atoms with van der Waals surface area (Å²) in [5.41, 5.74) is -2.10. The van der Waals surface area contributed by atoms with Crippen molar-refractivity contribution in [3.05, 3.63) is 52.1 Å². The number of benzene rings is 1. The third-order valence-corrected chi connectivity index (χ3v) is 6.66. The molecule has 11 heteroatoms. The molecule has 1 aliphatic rings. The molecule has 0 radical (unpaired) electrons.